The van der Waals surface area contributed by atoms with Crippen molar-refractivity contribution >= 4 is 12.4 Å². The van der Waals surface area contributed by atoms with Gasteiger partial charge in [-0.3, -0.25) is 4.79 Å². The minimum atomic E-state index is -0.648. The number of nitrogens with zero attached hydrogens (tertiary/aromatic N) is 2. The van der Waals surface area contributed by atoms with Crippen LogP contribution in [0.2, 0.25) is 0 Å². The SMILES string of the molecule is N/C(=N\NC=O)N[N+](=O)O. The van der Waals surface area contributed by atoms with Gasteiger partial charge in [0, 0.05) is 0 Å². The normalized spacial score (nSPS) is 10.2. The van der Waals surface area contributed by atoms with Gasteiger partial charge >= 0.3 is 5.03 Å². The molecule has 8 nitrogen and oxygen atoms in total. The number of carbonyl (C=O) groups excluding carboxylic acids is 1. The van der Waals surface area contributed by atoms with Gasteiger partial charge in [-0.05, 0) is 5.43 Å². The average molecular weight is 148 g/mol. The molecule has 0 bridgehead atoms. The molecular weight excluding hydrogens is 142 g/mol. The minimum absolute atomic E-state index is 0.251. The Morgan fingerprint density at radius 3 is 2.80 bits per heavy atom. The topological polar surface area (TPSA) is 120 Å². The Labute approximate surface area is 55.2 Å². The zero-order chi connectivity index (χ0) is 7.98. The molecule has 0 fully saturated rings. The highest BCUT2D eigenvalue weighted by atomic mass is 16.7. The van der Waals surface area contributed by atoms with Crippen molar-refractivity contribution in [3.63, 3.8) is 0 Å². The van der Waals surface area contributed by atoms with Crippen LogP contribution >= 0.6 is 0 Å². The van der Waals surface area contributed by atoms with Crippen molar-refractivity contribution in [1.82, 2.24) is 10.9 Å². The quantitative estimate of drug-likeness (QED) is 0.154. The molecule has 0 aromatic heterocycles. The van der Waals surface area contributed by atoms with Crippen LogP contribution in [0.15, 0.2) is 5.10 Å². The third kappa shape index (κ3) is 4.30. The van der Waals surface area contributed by atoms with Gasteiger partial charge in [-0.25, -0.2) is 10.6 Å². The van der Waals surface area contributed by atoms with E-state index in [2.05, 4.69) is 5.10 Å². The number of nitrogens with two attached hydrogens (primary N) is 1. The molecule has 0 aromatic rings. The van der Waals surface area contributed by atoms with Gasteiger partial charge in [0.25, 0.3) is 5.96 Å². The Kier molecular flexibility index (Phi) is 3.31. The highest BCUT2D eigenvalue weighted by Gasteiger charge is 2.02. The summed E-state index contributed by atoms with van der Waals surface area (Å²) in [6.45, 7) is 0. The van der Waals surface area contributed by atoms with Gasteiger partial charge < -0.3 is 5.73 Å². The number of rotatable bonds is 3. The first-order valence-electron chi connectivity index (χ1n) is 2.12. The van der Waals surface area contributed by atoms with Crippen LogP contribution in [0.25, 0.3) is 0 Å². The molecular formula is C2H6N5O3+. The third-order valence-electron chi connectivity index (χ3n) is 0.448. The monoisotopic (exact) mass is 148 g/mol. The van der Waals surface area contributed by atoms with Gasteiger partial charge in [0.1, 0.15) is 4.91 Å². The molecule has 0 aliphatic heterocycles. The molecule has 8 heteroatoms. The van der Waals surface area contributed by atoms with E-state index in [-0.39, 0.29) is 6.41 Å². The summed E-state index contributed by atoms with van der Waals surface area (Å²) in [7, 11) is 0. The summed E-state index contributed by atoms with van der Waals surface area (Å²) in [5.41, 5.74) is 8.29. The summed E-state index contributed by atoms with van der Waals surface area (Å²) in [5.74, 6) is -0.426. The van der Waals surface area contributed by atoms with E-state index in [1.54, 1.807) is 10.9 Å². The zero-order valence-electron chi connectivity index (χ0n) is 4.81. The van der Waals surface area contributed by atoms with Crippen molar-refractivity contribution in [1.29, 1.82) is 0 Å². The summed E-state index contributed by atoms with van der Waals surface area (Å²) < 4.78 is 0. The number of guanidine groups is 1. The summed E-state index contributed by atoms with van der Waals surface area (Å²) in [4.78, 5) is 19.2. The second-order valence-electron chi connectivity index (χ2n) is 1.13. The summed E-state index contributed by atoms with van der Waals surface area (Å²) >= 11 is 0. The molecule has 0 heterocycles. The van der Waals surface area contributed by atoms with Crippen molar-refractivity contribution in [2.75, 3.05) is 0 Å². The van der Waals surface area contributed by atoms with E-state index in [9.17, 15) is 9.70 Å². The molecule has 0 aliphatic carbocycles. The molecule has 0 aliphatic rings. The largest absolute Gasteiger partial charge is 0.364 e. The average Bonchev–Trinajstić information content (AvgIpc) is 1.82. The lowest BCUT2D eigenvalue weighted by atomic mass is 11.1. The van der Waals surface area contributed by atoms with Crippen LogP contribution in [0, 0.1) is 4.91 Å². The van der Waals surface area contributed by atoms with Gasteiger partial charge in [0.15, 0.2) is 0 Å². The van der Waals surface area contributed by atoms with E-state index in [4.69, 9.17) is 10.9 Å². The maximum absolute atomic E-state index is 9.70. The van der Waals surface area contributed by atoms with Crippen molar-refractivity contribution in [3.8, 4) is 0 Å². The number of nitrogens with one attached hydrogen (secondary N) is 2. The Balaban J connectivity index is 3.70. The number of hydrazone groups is 1. The fourth-order valence-corrected chi connectivity index (χ4v) is 0.219. The summed E-state index contributed by atoms with van der Waals surface area (Å²) in [6, 6.07) is 0. The Morgan fingerprint density at radius 1 is 1.80 bits per heavy atom. The Morgan fingerprint density at radius 2 is 2.40 bits per heavy atom. The number of hydrogen-bond donors (Lipinski definition) is 4. The van der Waals surface area contributed by atoms with Crippen LogP contribution in [0.5, 0.6) is 0 Å². The van der Waals surface area contributed by atoms with Crippen LogP contribution in [-0.4, -0.2) is 22.6 Å². The number of hydrogen-bond acceptors (Lipinski definition) is 3. The highest BCUT2D eigenvalue weighted by molar-refractivity contribution is 5.76. The molecule has 1 amide bonds. The standard InChI is InChI=1S/C2H5N5O3/c3-2(5-4-1-8)6-7(9)10/h1H,(H4-,3,4,5,6,8,9,10)/p+1. The lowest BCUT2D eigenvalue weighted by molar-refractivity contribution is -0.822. The van der Waals surface area contributed by atoms with Crippen LogP contribution in [0.3, 0.4) is 0 Å². The first kappa shape index (κ1) is 8.14. The van der Waals surface area contributed by atoms with Crippen molar-refractivity contribution in [3.05, 3.63) is 4.91 Å². The van der Waals surface area contributed by atoms with E-state index in [1.165, 1.54) is 0 Å². The molecule has 0 unspecified atom stereocenters. The Bertz CT molecular complexity index is 164. The van der Waals surface area contributed by atoms with Gasteiger partial charge in [-0.15, -0.1) is 5.10 Å². The lowest BCUT2D eigenvalue weighted by Crippen LogP contribution is -2.38. The van der Waals surface area contributed by atoms with Crippen LogP contribution in [0.4, 0.5) is 0 Å². The second-order valence-corrected chi connectivity index (χ2v) is 1.13. The molecule has 0 radical (unpaired) electrons. The van der Waals surface area contributed by atoms with Crippen LogP contribution in [-0.2, 0) is 4.79 Å². The maximum Gasteiger partial charge on any atom is 0.362 e. The number of hydrazine groups is 1. The predicted molar refractivity (Wildman–Crippen MR) is 29.4 cm³/mol. The molecule has 10 heavy (non-hydrogen) atoms. The molecule has 0 rings (SSSR count). The lowest BCUT2D eigenvalue weighted by Gasteiger charge is -1.88. The zero-order valence-corrected chi connectivity index (χ0v) is 4.81. The van der Waals surface area contributed by atoms with E-state index < -0.39 is 11.0 Å². The fourth-order valence-electron chi connectivity index (χ4n) is 0.219. The molecule has 5 N–H and O–H groups in total. The Hall–Kier alpha value is -1.86. The molecule has 0 aromatic carbocycles. The van der Waals surface area contributed by atoms with E-state index >= 15 is 0 Å². The molecule has 0 saturated heterocycles. The molecule has 56 valence electrons. The predicted octanol–water partition coefficient (Wildman–Crippen LogP) is -2.37. The van der Waals surface area contributed by atoms with Crippen molar-refractivity contribution in [2.24, 2.45) is 10.8 Å². The number of carbonyl (C=O) groups is 1. The van der Waals surface area contributed by atoms with Gasteiger partial charge in [-0.1, -0.05) is 0 Å². The van der Waals surface area contributed by atoms with Crippen LogP contribution < -0.4 is 16.6 Å². The summed E-state index contributed by atoms with van der Waals surface area (Å²) in [6.07, 6.45) is 0.251. The number of amides is 1. The third-order valence-corrected chi connectivity index (χ3v) is 0.448. The first-order chi connectivity index (χ1) is 4.66. The van der Waals surface area contributed by atoms with Crippen LogP contribution in [0.1, 0.15) is 0 Å². The maximum atomic E-state index is 9.70. The second kappa shape index (κ2) is 4.06. The van der Waals surface area contributed by atoms with Gasteiger partial charge in [0.05, 0.1) is 0 Å². The summed E-state index contributed by atoms with van der Waals surface area (Å²) in [5, 5.41) is 10.3. The molecule has 0 atom stereocenters. The van der Waals surface area contributed by atoms with E-state index in [1.807, 2.05) is 0 Å². The van der Waals surface area contributed by atoms with E-state index in [0.717, 1.165) is 0 Å². The van der Waals surface area contributed by atoms with Gasteiger partial charge in [0.2, 0.25) is 6.41 Å². The van der Waals surface area contributed by atoms with Crippen molar-refractivity contribution < 1.29 is 15.0 Å². The first-order valence-corrected chi connectivity index (χ1v) is 2.12. The molecule has 0 spiro atoms. The smallest absolute Gasteiger partial charge is 0.362 e. The van der Waals surface area contributed by atoms with Crippen molar-refractivity contribution in [2.45, 2.75) is 0 Å². The van der Waals surface area contributed by atoms with Gasteiger partial charge in [-0.2, -0.15) is 0 Å². The highest BCUT2D eigenvalue weighted by Crippen LogP contribution is 1.56. The van der Waals surface area contributed by atoms with E-state index in [0.29, 0.717) is 0 Å². The minimum Gasteiger partial charge on any atom is -0.364 e. The fraction of sp³-hybridized carbons (Fsp3) is 0. The molecule has 0 saturated carbocycles.